The van der Waals surface area contributed by atoms with Crippen molar-refractivity contribution in [2.45, 2.75) is 19.3 Å². The number of rotatable bonds is 4. The van der Waals surface area contributed by atoms with Crippen molar-refractivity contribution in [2.24, 2.45) is 0 Å². The molecular weight excluding hydrogens is 617 g/mol. The Labute approximate surface area is 297 Å². The van der Waals surface area contributed by atoms with Gasteiger partial charge in [-0.3, -0.25) is 0 Å². The first-order valence-electron chi connectivity index (χ1n) is 17.7. The minimum Gasteiger partial charge on any atom is -0.228 e. The zero-order valence-corrected chi connectivity index (χ0v) is 28.6. The van der Waals surface area contributed by atoms with E-state index in [1.807, 2.05) is 0 Å². The summed E-state index contributed by atoms with van der Waals surface area (Å²) in [6.07, 6.45) is 0. The van der Waals surface area contributed by atoms with Gasteiger partial charge >= 0.3 is 0 Å². The summed E-state index contributed by atoms with van der Waals surface area (Å²) in [5, 5.41) is 7.13. The Hall–Kier alpha value is -6.38. The van der Waals surface area contributed by atoms with Gasteiger partial charge in [0.15, 0.2) is 5.82 Å². The summed E-state index contributed by atoms with van der Waals surface area (Å²) in [5.41, 5.74) is 12.7. The molecule has 1 aromatic heterocycles. The summed E-state index contributed by atoms with van der Waals surface area (Å²) in [5.74, 6) is 0.725. The van der Waals surface area contributed by atoms with Crippen LogP contribution in [0.4, 0.5) is 0 Å². The van der Waals surface area contributed by atoms with Crippen molar-refractivity contribution in [1.82, 2.24) is 9.97 Å². The van der Waals surface area contributed by atoms with Crippen LogP contribution in [0.2, 0.25) is 0 Å². The summed E-state index contributed by atoms with van der Waals surface area (Å²) in [7, 11) is 0. The number of nitrogens with zero attached hydrogens (tertiary/aromatic N) is 2. The van der Waals surface area contributed by atoms with E-state index in [9.17, 15) is 0 Å². The van der Waals surface area contributed by atoms with Gasteiger partial charge in [0, 0.05) is 22.1 Å². The number of benzene rings is 8. The molecule has 51 heavy (non-hydrogen) atoms. The van der Waals surface area contributed by atoms with Crippen LogP contribution in [0.15, 0.2) is 170 Å². The zero-order valence-electron chi connectivity index (χ0n) is 28.6. The van der Waals surface area contributed by atoms with Crippen LogP contribution in [0.3, 0.4) is 0 Å². The molecule has 2 heteroatoms. The number of hydrogen-bond acceptors (Lipinski definition) is 2. The lowest BCUT2D eigenvalue weighted by atomic mass is 9.81. The van der Waals surface area contributed by atoms with Gasteiger partial charge in [0.2, 0.25) is 0 Å². The van der Waals surface area contributed by atoms with Crippen molar-refractivity contribution >= 4 is 32.3 Å². The van der Waals surface area contributed by atoms with Crippen molar-refractivity contribution < 1.29 is 0 Å². The smallest absolute Gasteiger partial charge is 0.161 e. The largest absolute Gasteiger partial charge is 0.228 e. The second-order valence-corrected chi connectivity index (χ2v) is 14.1. The molecule has 0 fully saturated rings. The average molecular weight is 651 g/mol. The van der Waals surface area contributed by atoms with Crippen LogP contribution >= 0.6 is 0 Å². The first-order chi connectivity index (χ1) is 25.1. The SMILES string of the molecule is CC1(C)c2ccccc2-c2c(-c3ccccc3-c3cc(-c4ccccc4)nc(-c4c5ccccc5cc5c4ccc4ccccc45)n3)cccc21. The molecular formula is C49H34N2. The van der Waals surface area contributed by atoms with E-state index >= 15 is 0 Å². The van der Waals surface area contributed by atoms with Crippen LogP contribution < -0.4 is 0 Å². The Bertz CT molecular complexity index is 2830. The number of aromatic nitrogens is 2. The maximum Gasteiger partial charge on any atom is 0.161 e. The fourth-order valence-corrected chi connectivity index (χ4v) is 8.44. The second kappa shape index (κ2) is 11.3. The highest BCUT2D eigenvalue weighted by Gasteiger charge is 2.36. The molecule has 0 aliphatic heterocycles. The first-order valence-corrected chi connectivity index (χ1v) is 17.7. The summed E-state index contributed by atoms with van der Waals surface area (Å²) < 4.78 is 0. The van der Waals surface area contributed by atoms with Gasteiger partial charge in [0.05, 0.1) is 11.4 Å². The Balaban J connectivity index is 1.27. The van der Waals surface area contributed by atoms with E-state index in [1.54, 1.807) is 0 Å². The van der Waals surface area contributed by atoms with E-state index in [-0.39, 0.29) is 5.41 Å². The Morgan fingerprint density at radius 3 is 1.84 bits per heavy atom. The minimum absolute atomic E-state index is 0.0843. The summed E-state index contributed by atoms with van der Waals surface area (Å²) >= 11 is 0. The zero-order chi connectivity index (χ0) is 34.1. The topological polar surface area (TPSA) is 25.8 Å². The first kappa shape index (κ1) is 29.5. The maximum absolute atomic E-state index is 5.52. The lowest BCUT2D eigenvalue weighted by molar-refractivity contribution is 0.660. The average Bonchev–Trinajstić information content (AvgIpc) is 3.43. The van der Waals surface area contributed by atoms with Gasteiger partial charge in [0.25, 0.3) is 0 Å². The van der Waals surface area contributed by atoms with Crippen LogP contribution in [0, 0.1) is 0 Å². The third-order valence-electron chi connectivity index (χ3n) is 10.9. The lowest BCUT2D eigenvalue weighted by Crippen LogP contribution is -2.14. The molecule has 2 nitrogen and oxygen atoms in total. The third kappa shape index (κ3) is 4.57. The van der Waals surface area contributed by atoms with Gasteiger partial charge in [-0.05, 0) is 77.8 Å². The molecule has 0 atom stereocenters. The van der Waals surface area contributed by atoms with E-state index in [0.29, 0.717) is 0 Å². The summed E-state index contributed by atoms with van der Waals surface area (Å²) in [4.78, 5) is 10.9. The van der Waals surface area contributed by atoms with Crippen LogP contribution in [0.25, 0.3) is 88.5 Å². The molecule has 9 aromatic rings. The van der Waals surface area contributed by atoms with E-state index in [1.165, 1.54) is 54.9 Å². The number of fused-ring (bicyclic) bond motifs is 7. The predicted octanol–water partition coefficient (Wildman–Crippen LogP) is 12.9. The molecule has 0 amide bonds. The van der Waals surface area contributed by atoms with E-state index in [0.717, 1.165) is 44.7 Å². The van der Waals surface area contributed by atoms with Gasteiger partial charge < -0.3 is 0 Å². The minimum atomic E-state index is -0.0843. The monoisotopic (exact) mass is 650 g/mol. The molecule has 0 spiro atoms. The van der Waals surface area contributed by atoms with Gasteiger partial charge in [-0.15, -0.1) is 0 Å². The van der Waals surface area contributed by atoms with Gasteiger partial charge in [0.1, 0.15) is 0 Å². The molecule has 1 aliphatic carbocycles. The van der Waals surface area contributed by atoms with Crippen LogP contribution in [0.1, 0.15) is 25.0 Å². The Morgan fingerprint density at radius 2 is 1.00 bits per heavy atom. The lowest BCUT2D eigenvalue weighted by Gasteiger charge is -2.22. The van der Waals surface area contributed by atoms with E-state index < -0.39 is 0 Å². The molecule has 1 heterocycles. The molecule has 0 saturated carbocycles. The molecule has 240 valence electrons. The highest BCUT2D eigenvalue weighted by molar-refractivity contribution is 6.19. The van der Waals surface area contributed by atoms with Crippen molar-refractivity contribution in [3.63, 3.8) is 0 Å². The summed E-state index contributed by atoms with van der Waals surface area (Å²) in [6, 6.07) is 61.1. The fourth-order valence-electron chi connectivity index (χ4n) is 8.44. The van der Waals surface area contributed by atoms with Gasteiger partial charge in [-0.2, -0.15) is 0 Å². The normalized spacial score (nSPS) is 13.1. The second-order valence-electron chi connectivity index (χ2n) is 14.1. The fraction of sp³-hybridized carbons (Fsp3) is 0.0612. The summed E-state index contributed by atoms with van der Waals surface area (Å²) in [6.45, 7) is 4.68. The molecule has 0 bridgehead atoms. The quantitative estimate of drug-likeness (QED) is 0.140. The van der Waals surface area contributed by atoms with Crippen molar-refractivity contribution in [1.29, 1.82) is 0 Å². The van der Waals surface area contributed by atoms with Gasteiger partial charge in [-0.1, -0.05) is 172 Å². The van der Waals surface area contributed by atoms with Gasteiger partial charge in [-0.25, -0.2) is 9.97 Å². The highest BCUT2D eigenvalue weighted by atomic mass is 14.9. The molecule has 10 rings (SSSR count). The highest BCUT2D eigenvalue weighted by Crippen LogP contribution is 2.53. The van der Waals surface area contributed by atoms with Crippen LogP contribution in [0.5, 0.6) is 0 Å². The predicted molar refractivity (Wildman–Crippen MR) is 214 cm³/mol. The molecule has 0 N–H and O–H groups in total. The molecule has 0 radical (unpaired) electrons. The Morgan fingerprint density at radius 1 is 0.373 bits per heavy atom. The third-order valence-corrected chi connectivity index (χ3v) is 10.9. The Kier molecular flexibility index (Phi) is 6.56. The van der Waals surface area contributed by atoms with Crippen molar-refractivity contribution in [3.05, 3.63) is 181 Å². The molecule has 0 unspecified atom stereocenters. The van der Waals surface area contributed by atoms with Crippen molar-refractivity contribution in [3.8, 4) is 56.2 Å². The number of hydrogen-bond donors (Lipinski definition) is 0. The maximum atomic E-state index is 5.52. The molecule has 8 aromatic carbocycles. The van der Waals surface area contributed by atoms with Crippen LogP contribution in [-0.2, 0) is 5.41 Å². The molecule has 1 aliphatic rings. The van der Waals surface area contributed by atoms with Crippen molar-refractivity contribution in [2.75, 3.05) is 0 Å². The molecule has 0 saturated heterocycles. The standard InChI is InChI=1S/C49H34N2/c1-49(2)42-25-13-12-23-40(42)46-38(24-14-26-43(46)49)36-21-10-11-22-37(36)45-30-44(32-16-4-3-5-17-32)50-48(51-45)47-35-20-9-7-18-33(35)29-41-34-19-8-6-15-31(34)27-28-39(41)47/h3-30H,1-2H3. The van der Waals surface area contributed by atoms with Crippen LogP contribution in [-0.4, -0.2) is 9.97 Å². The van der Waals surface area contributed by atoms with E-state index in [2.05, 4.69) is 184 Å². The van der Waals surface area contributed by atoms with E-state index in [4.69, 9.17) is 9.97 Å².